The van der Waals surface area contributed by atoms with Gasteiger partial charge >= 0.3 is 0 Å². The summed E-state index contributed by atoms with van der Waals surface area (Å²) in [5.41, 5.74) is 1.87. The Kier molecular flexibility index (Phi) is 6.83. The number of carbonyl (C=O) groups is 1. The zero-order chi connectivity index (χ0) is 21.7. The summed E-state index contributed by atoms with van der Waals surface area (Å²) in [7, 11) is -3.46. The third-order valence-electron chi connectivity index (χ3n) is 5.87. The van der Waals surface area contributed by atoms with Gasteiger partial charge in [0, 0.05) is 44.1 Å². The zero-order valence-electron chi connectivity index (χ0n) is 17.7. The van der Waals surface area contributed by atoms with Gasteiger partial charge in [-0.25, -0.2) is 8.42 Å². The molecule has 2 aliphatic rings. The number of amides is 1. The van der Waals surface area contributed by atoms with Crippen LogP contribution in [0.2, 0.25) is 0 Å². The number of hydrogen-bond donors (Lipinski definition) is 0. The van der Waals surface area contributed by atoms with Gasteiger partial charge in [-0.05, 0) is 67.2 Å². The molecule has 1 aliphatic carbocycles. The molecule has 2 fully saturated rings. The summed E-state index contributed by atoms with van der Waals surface area (Å²) in [6.07, 6.45) is 12.9. The summed E-state index contributed by atoms with van der Waals surface area (Å²) in [5.74, 6) is -0.0272. The van der Waals surface area contributed by atoms with E-state index in [2.05, 4.69) is 4.98 Å². The number of nitrogens with zero attached hydrogens (tertiary/aromatic N) is 3. The summed E-state index contributed by atoms with van der Waals surface area (Å²) in [5, 5.41) is 0. The fourth-order valence-electron chi connectivity index (χ4n) is 3.90. The average molecular weight is 440 g/mol. The van der Waals surface area contributed by atoms with Crippen LogP contribution in [0.15, 0.2) is 59.8 Å². The van der Waals surface area contributed by atoms with Crippen LogP contribution in [0.4, 0.5) is 0 Å². The highest BCUT2D eigenvalue weighted by Gasteiger charge is 2.31. The van der Waals surface area contributed by atoms with Crippen molar-refractivity contribution in [3.05, 3.63) is 66.0 Å². The van der Waals surface area contributed by atoms with E-state index < -0.39 is 10.0 Å². The molecular weight excluding hydrogens is 410 g/mol. The Labute approximate surface area is 184 Å². The van der Waals surface area contributed by atoms with Crippen LogP contribution >= 0.6 is 0 Å². The summed E-state index contributed by atoms with van der Waals surface area (Å²) >= 11 is 0. The van der Waals surface area contributed by atoms with Crippen LogP contribution < -0.4 is 0 Å². The van der Waals surface area contributed by atoms with Crippen molar-refractivity contribution in [3.8, 4) is 0 Å². The summed E-state index contributed by atoms with van der Waals surface area (Å²) in [4.78, 5) is 19.0. The van der Waals surface area contributed by atoms with E-state index in [9.17, 15) is 13.2 Å². The minimum absolute atomic E-state index is 0.0272. The number of hydrogen-bond acceptors (Lipinski definition) is 4. The maximum Gasteiger partial charge on any atom is 0.247 e. The van der Waals surface area contributed by atoms with Crippen LogP contribution in [-0.2, 0) is 21.4 Å². The van der Waals surface area contributed by atoms with Crippen LogP contribution in [-0.4, -0.2) is 47.6 Å². The van der Waals surface area contributed by atoms with Crippen molar-refractivity contribution in [1.82, 2.24) is 14.2 Å². The lowest BCUT2D eigenvalue weighted by molar-refractivity contribution is -0.127. The third-order valence-corrected chi connectivity index (χ3v) is 7.79. The number of benzene rings is 1. The van der Waals surface area contributed by atoms with E-state index in [1.165, 1.54) is 0 Å². The Morgan fingerprint density at radius 3 is 2.26 bits per heavy atom. The molecule has 164 valence electrons. The molecule has 2 heterocycles. The van der Waals surface area contributed by atoms with E-state index in [1.54, 1.807) is 53.1 Å². The van der Waals surface area contributed by atoms with Crippen LogP contribution in [0.25, 0.3) is 6.08 Å². The quantitative estimate of drug-likeness (QED) is 0.615. The number of carbonyl (C=O) groups excluding carboxylic acids is 1. The molecule has 2 aromatic rings. The topological polar surface area (TPSA) is 70.6 Å². The fourth-order valence-corrected chi connectivity index (χ4v) is 5.42. The molecule has 7 heteroatoms. The van der Waals surface area contributed by atoms with Gasteiger partial charge in [-0.15, -0.1) is 0 Å². The second kappa shape index (κ2) is 9.75. The van der Waals surface area contributed by atoms with Crippen LogP contribution in [0.1, 0.15) is 49.7 Å². The molecule has 0 atom stereocenters. The highest BCUT2D eigenvalue weighted by molar-refractivity contribution is 7.89. The Bertz CT molecular complexity index is 1010. The van der Waals surface area contributed by atoms with Gasteiger partial charge in [-0.1, -0.05) is 25.0 Å². The molecule has 1 aromatic heterocycles. The second-order valence-corrected chi connectivity index (χ2v) is 10.2. The molecule has 0 N–H and O–H groups in total. The van der Waals surface area contributed by atoms with Gasteiger partial charge in [-0.2, -0.15) is 4.31 Å². The molecule has 1 amide bonds. The van der Waals surface area contributed by atoms with Crippen molar-refractivity contribution in [2.75, 3.05) is 13.1 Å². The Morgan fingerprint density at radius 1 is 1.00 bits per heavy atom. The first-order valence-corrected chi connectivity index (χ1v) is 12.5. The van der Waals surface area contributed by atoms with Crippen LogP contribution in [0.3, 0.4) is 0 Å². The fraction of sp³-hybridized carbons (Fsp3) is 0.417. The van der Waals surface area contributed by atoms with Crippen molar-refractivity contribution in [2.45, 2.75) is 56.0 Å². The highest BCUT2D eigenvalue weighted by Crippen LogP contribution is 2.29. The van der Waals surface area contributed by atoms with Crippen LogP contribution in [0, 0.1) is 0 Å². The molecule has 31 heavy (non-hydrogen) atoms. The number of pyridine rings is 1. The number of rotatable bonds is 7. The smallest absolute Gasteiger partial charge is 0.247 e. The number of aromatic nitrogens is 1. The average Bonchev–Trinajstić information content (AvgIpc) is 3.64. The molecule has 0 radical (unpaired) electrons. The maximum atomic E-state index is 12.9. The summed E-state index contributed by atoms with van der Waals surface area (Å²) in [6, 6.07) is 11.0. The van der Waals surface area contributed by atoms with Crippen molar-refractivity contribution >= 4 is 22.0 Å². The lowest BCUT2D eigenvalue weighted by Crippen LogP contribution is -2.31. The van der Waals surface area contributed by atoms with Crippen molar-refractivity contribution in [3.63, 3.8) is 0 Å². The van der Waals surface area contributed by atoms with Gasteiger partial charge < -0.3 is 4.90 Å². The van der Waals surface area contributed by atoms with Crippen molar-refractivity contribution < 1.29 is 13.2 Å². The van der Waals surface area contributed by atoms with Gasteiger partial charge in [0.1, 0.15) is 0 Å². The lowest BCUT2D eigenvalue weighted by atomic mass is 10.2. The monoisotopic (exact) mass is 439 g/mol. The Hall–Kier alpha value is -2.51. The first-order valence-electron chi connectivity index (χ1n) is 11.0. The molecule has 0 bridgehead atoms. The molecule has 1 aliphatic heterocycles. The standard InChI is InChI=1S/C24H29N3O3S/c28-24(27(22-8-9-22)19-21-13-15-25-16-14-21)12-7-20-5-10-23(11-6-20)31(29,30)26-17-3-1-2-4-18-26/h5-7,10-16,22H,1-4,8-9,17-19H2/b12-7+. The van der Waals surface area contributed by atoms with Gasteiger partial charge in [0.2, 0.25) is 15.9 Å². The molecule has 1 saturated heterocycles. The molecule has 0 spiro atoms. The molecule has 1 saturated carbocycles. The van der Waals surface area contributed by atoms with Crippen LogP contribution in [0.5, 0.6) is 0 Å². The predicted molar refractivity (Wildman–Crippen MR) is 121 cm³/mol. The maximum absolute atomic E-state index is 12.9. The minimum Gasteiger partial charge on any atom is -0.332 e. The van der Waals surface area contributed by atoms with E-state index in [0.717, 1.165) is 49.7 Å². The highest BCUT2D eigenvalue weighted by atomic mass is 32.2. The van der Waals surface area contributed by atoms with E-state index in [0.29, 0.717) is 30.6 Å². The van der Waals surface area contributed by atoms with Gasteiger partial charge in [-0.3, -0.25) is 9.78 Å². The molecule has 0 unspecified atom stereocenters. The molecule has 1 aromatic carbocycles. The van der Waals surface area contributed by atoms with Crippen molar-refractivity contribution in [2.24, 2.45) is 0 Å². The normalized spacial score (nSPS) is 18.1. The Balaban J connectivity index is 1.42. The SMILES string of the molecule is O=C(/C=C/c1ccc(S(=O)(=O)N2CCCCCC2)cc1)N(Cc1ccncc1)C1CC1. The summed E-state index contributed by atoms with van der Waals surface area (Å²) in [6.45, 7) is 1.75. The van der Waals surface area contributed by atoms with E-state index in [1.807, 2.05) is 17.0 Å². The first-order chi connectivity index (χ1) is 15.0. The third kappa shape index (κ3) is 5.60. The first kappa shape index (κ1) is 21.7. The zero-order valence-corrected chi connectivity index (χ0v) is 18.5. The van der Waals surface area contributed by atoms with Gasteiger partial charge in [0.15, 0.2) is 0 Å². The minimum atomic E-state index is -3.46. The Morgan fingerprint density at radius 2 is 1.65 bits per heavy atom. The molecular formula is C24H29N3O3S. The molecule has 4 rings (SSSR count). The largest absolute Gasteiger partial charge is 0.332 e. The lowest BCUT2D eigenvalue weighted by Gasteiger charge is -2.21. The molecule has 6 nitrogen and oxygen atoms in total. The number of sulfonamides is 1. The van der Waals surface area contributed by atoms with E-state index in [4.69, 9.17) is 0 Å². The summed E-state index contributed by atoms with van der Waals surface area (Å²) < 4.78 is 27.4. The van der Waals surface area contributed by atoms with Gasteiger partial charge in [0.05, 0.1) is 4.90 Å². The second-order valence-electron chi connectivity index (χ2n) is 8.27. The predicted octanol–water partition coefficient (Wildman–Crippen LogP) is 3.85. The van der Waals surface area contributed by atoms with E-state index in [-0.39, 0.29) is 5.91 Å². The van der Waals surface area contributed by atoms with E-state index >= 15 is 0 Å². The van der Waals surface area contributed by atoms with Crippen molar-refractivity contribution in [1.29, 1.82) is 0 Å². The van der Waals surface area contributed by atoms with Gasteiger partial charge in [0.25, 0.3) is 0 Å².